The van der Waals surface area contributed by atoms with Gasteiger partial charge in [0, 0.05) is 5.69 Å². The van der Waals surface area contributed by atoms with Gasteiger partial charge in [-0.25, -0.2) is 0 Å². The molecule has 0 saturated carbocycles. The smallest absolute Gasteiger partial charge is 0.294 e. The van der Waals surface area contributed by atoms with Crippen LogP contribution in [0.2, 0.25) is 10.0 Å². The summed E-state index contributed by atoms with van der Waals surface area (Å²) in [6.45, 7) is -0.797. The van der Waals surface area contributed by atoms with Gasteiger partial charge in [0.15, 0.2) is 18.1 Å². The Morgan fingerprint density at radius 3 is 2.38 bits per heavy atom. The van der Waals surface area contributed by atoms with E-state index in [2.05, 4.69) is 10.6 Å². The number of halogens is 2. The van der Waals surface area contributed by atoms with E-state index in [1.807, 2.05) is 6.07 Å². The van der Waals surface area contributed by atoms with Crippen molar-refractivity contribution >= 4 is 75.4 Å². The van der Waals surface area contributed by atoms with Gasteiger partial charge in [-0.1, -0.05) is 53.5 Å². The maximum Gasteiger partial charge on any atom is 0.294 e. The van der Waals surface area contributed by atoms with Crippen molar-refractivity contribution in [1.82, 2.24) is 4.90 Å². The minimum absolute atomic E-state index is 0.0968. The summed E-state index contributed by atoms with van der Waals surface area (Å²) >= 11 is 13.1. The summed E-state index contributed by atoms with van der Waals surface area (Å²) in [5, 5.41) is 5.15. The van der Waals surface area contributed by atoms with Crippen molar-refractivity contribution in [1.29, 1.82) is 0 Å². The van der Waals surface area contributed by atoms with E-state index in [4.69, 9.17) is 32.7 Å². The Balaban J connectivity index is 1.43. The number of nitrogens with one attached hydrogen (secondary N) is 2. The predicted molar refractivity (Wildman–Crippen MR) is 151 cm³/mol. The Bertz CT molecular complexity index is 1470. The fourth-order valence-electron chi connectivity index (χ4n) is 3.50. The third kappa shape index (κ3) is 7.11. The first-order valence-corrected chi connectivity index (χ1v) is 13.0. The van der Waals surface area contributed by atoms with Gasteiger partial charge in [0.2, 0.25) is 5.91 Å². The molecule has 0 radical (unpaired) electrons. The van der Waals surface area contributed by atoms with Gasteiger partial charge in [-0.3, -0.25) is 24.1 Å². The minimum atomic E-state index is -0.632. The van der Waals surface area contributed by atoms with Crippen molar-refractivity contribution in [3.05, 3.63) is 87.2 Å². The Morgan fingerprint density at radius 2 is 1.67 bits per heavy atom. The van der Waals surface area contributed by atoms with E-state index >= 15 is 0 Å². The zero-order valence-corrected chi connectivity index (χ0v) is 22.7. The first-order chi connectivity index (χ1) is 18.7. The van der Waals surface area contributed by atoms with Crippen molar-refractivity contribution in [3.63, 3.8) is 0 Å². The maximum absolute atomic E-state index is 12.9. The number of nitrogens with zero attached hydrogens (tertiary/aromatic N) is 1. The molecule has 3 aromatic rings. The van der Waals surface area contributed by atoms with Crippen LogP contribution in [0.1, 0.15) is 5.56 Å². The number of methoxy groups -OCH3 is 1. The number of anilines is 2. The monoisotopic (exact) mass is 585 g/mol. The first-order valence-electron chi connectivity index (χ1n) is 11.4. The van der Waals surface area contributed by atoms with Crippen LogP contribution in [-0.4, -0.2) is 48.1 Å². The average Bonchev–Trinajstić information content (AvgIpc) is 3.16. The predicted octanol–water partition coefficient (Wildman–Crippen LogP) is 5.69. The lowest BCUT2D eigenvalue weighted by molar-refractivity contribution is -0.127. The van der Waals surface area contributed by atoms with E-state index in [0.29, 0.717) is 33.7 Å². The molecule has 0 bridgehead atoms. The number of hydrogen-bond donors (Lipinski definition) is 2. The number of rotatable bonds is 9. The lowest BCUT2D eigenvalue weighted by atomic mass is 10.1. The Morgan fingerprint density at radius 1 is 0.949 bits per heavy atom. The Labute approximate surface area is 238 Å². The zero-order valence-electron chi connectivity index (χ0n) is 20.4. The molecular weight excluding hydrogens is 565 g/mol. The molecule has 39 heavy (non-hydrogen) atoms. The third-order valence-electron chi connectivity index (χ3n) is 5.28. The Hall–Kier alpha value is -3.99. The van der Waals surface area contributed by atoms with E-state index < -0.39 is 29.5 Å². The number of para-hydroxylation sites is 2. The van der Waals surface area contributed by atoms with Gasteiger partial charge in [-0.05, 0) is 59.8 Å². The number of carbonyl (C=O) groups is 4. The average molecular weight is 586 g/mol. The van der Waals surface area contributed by atoms with Crippen LogP contribution in [0.25, 0.3) is 6.08 Å². The van der Waals surface area contributed by atoms with Gasteiger partial charge in [0.05, 0.1) is 27.7 Å². The number of carbonyl (C=O) groups excluding carboxylic acids is 4. The number of hydrogen-bond acceptors (Lipinski definition) is 7. The molecule has 1 aliphatic heterocycles. The van der Waals surface area contributed by atoms with Crippen molar-refractivity contribution < 1.29 is 28.7 Å². The second-order valence-electron chi connectivity index (χ2n) is 8.03. The van der Waals surface area contributed by atoms with Gasteiger partial charge in [-0.2, -0.15) is 0 Å². The van der Waals surface area contributed by atoms with Crippen molar-refractivity contribution in [3.8, 4) is 11.5 Å². The summed E-state index contributed by atoms with van der Waals surface area (Å²) in [7, 11) is 1.40. The number of thioether (sulfide) groups is 1. The van der Waals surface area contributed by atoms with Crippen molar-refractivity contribution in [2.75, 3.05) is 30.9 Å². The van der Waals surface area contributed by atoms with Crippen LogP contribution in [0.15, 0.2) is 71.6 Å². The molecular formula is C27H21Cl2N3O6S. The summed E-state index contributed by atoms with van der Waals surface area (Å²) < 4.78 is 11.0. The molecule has 0 aromatic heterocycles. The molecule has 12 heteroatoms. The molecule has 2 N–H and O–H groups in total. The van der Waals surface area contributed by atoms with Gasteiger partial charge in [0.1, 0.15) is 6.54 Å². The van der Waals surface area contributed by atoms with Gasteiger partial charge < -0.3 is 20.1 Å². The molecule has 4 amide bonds. The van der Waals surface area contributed by atoms with Crippen LogP contribution in [-0.2, 0) is 14.4 Å². The minimum Gasteiger partial charge on any atom is -0.493 e. The van der Waals surface area contributed by atoms with Crippen LogP contribution >= 0.6 is 35.0 Å². The molecule has 1 saturated heterocycles. The highest BCUT2D eigenvalue weighted by molar-refractivity contribution is 8.18. The summed E-state index contributed by atoms with van der Waals surface area (Å²) in [6, 6.07) is 18.6. The van der Waals surface area contributed by atoms with E-state index in [9.17, 15) is 19.2 Å². The molecule has 0 unspecified atom stereocenters. The lowest BCUT2D eigenvalue weighted by Gasteiger charge is -2.14. The fraction of sp³-hybridized carbons (Fsp3) is 0.111. The van der Waals surface area contributed by atoms with Crippen molar-refractivity contribution in [2.45, 2.75) is 0 Å². The molecule has 3 aromatic carbocycles. The summed E-state index contributed by atoms with van der Waals surface area (Å²) in [4.78, 5) is 51.0. The maximum atomic E-state index is 12.9. The molecule has 0 spiro atoms. The number of benzene rings is 3. The van der Waals surface area contributed by atoms with Crippen LogP contribution in [0, 0.1) is 0 Å². The van der Waals surface area contributed by atoms with Crippen LogP contribution in [0.5, 0.6) is 11.5 Å². The standard InChI is InChI=1S/C27H21Cl2N3O6S/c1-37-21-12-16(11-19(29)25(21)38-15-24(34)30-17-7-3-2-4-8-17)13-22-26(35)32(27(36)39-22)14-23(33)31-20-10-6-5-9-18(20)28/h2-13H,14-15H2,1H3,(H,30,34)(H,31,33)/b22-13+. The molecule has 0 aliphatic carbocycles. The third-order valence-corrected chi connectivity index (χ3v) is 6.80. The second kappa shape index (κ2) is 12.7. The number of ether oxygens (including phenoxy) is 2. The molecule has 4 rings (SSSR count). The van der Waals surface area contributed by atoms with E-state index in [1.165, 1.54) is 19.3 Å². The summed E-state index contributed by atoms with van der Waals surface area (Å²) in [5.41, 5.74) is 1.44. The fourth-order valence-corrected chi connectivity index (χ4v) is 4.80. The van der Waals surface area contributed by atoms with E-state index in [0.717, 1.165) is 4.90 Å². The lowest BCUT2D eigenvalue weighted by Crippen LogP contribution is -2.36. The topological polar surface area (TPSA) is 114 Å². The first kappa shape index (κ1) is 28.0. The molecule has 200 valence electrons. The highest BCUT2D eigenvalue weighted by Gasteiger charge is 2.36. The van der Waals surface area contributed by atoms with E-state index in [1.54, 1.807) is 54.6 Å². The molecule has 1 heterocycles. The SMILES string of the molecule is COc1cc(/C=C2/SC(=O)N(CC(=O)Nc3ccccc3Cl)C2=O)cc(Cl)c1OCC(=O)Nc1ccccc1. The highest BCUT2D eigenvalue weighted by atomic mass is 35.5. The summed E-state index contributed by atoms with van der Waals surface area (Å²) in [6.07, 6.45) is 1.46. The molecule has 1 aliphatic rings. The van der Waals surface area contributed by atoms with Gasteiger partial charge in [-0.15, -0.1) is 0 Å². The van der Waals surface area contributed by atoms with Crippen LogP contribution < -0.4 is 20.1 Å². The summed E-state index contributed by atoms with van der Waals surface area (Å²) in [5.74, 6) is -1.24. The van der Waals surface area contributed by atoms with Crippen LogP contribution in [0.4, 0.5) is 16.2 Å². The van der Waals surface area contributed by atoms with Gasteiger partial charge in [0.25, 0.3) is 17.1 Å². The van der Waals surface area contributed by atoms with Gasteiger partial charge >= 0.3 is 0 Å². The number of amides is 4. The van der Waals surface area contributed by atoms with E-state index in [-0.39, 0.29) is 28.0 Å². The Kier molecular flexibility index (Phi) is 9.13. The zero-order chi connectivity index (χ0) is 27.9. The largest absolute Gasteiger partial charge is 0.493 e. The normalized spacial score (nSPS) is 13.9. The second-order valence-corrected chi connectivity index (χ2v) is 9.84. The van der Waals surface area contributed by atoms with Crippen molar-refractivity contribution in [2.24, 2.45) is 0 Å². The quantitative estimate of drug-likeness (QED) is 0.310. The van der Waals surface area contributed by atoms with Crippen LogP contribution in [0.3, 0.4) is 0 Å². The molecule has 9 nitrogen and oxygen atoms in total. The molecule has 1 fully saturated rings. The highest BCUT2D eigenvalue weighted by Crippen LogP contribution is 2.39. The number of imide groups is 1. The molecule has 0 atom stereocenters.